The van der Waals surface area contributed by atoms with E-state index >= 15 is 0 Å². The first-order chi connectivity index (χ1) is 9.18. The van der Waals surface area contributed by atoms with Crippen LogP contribution in [0.5, 0.6) is 0 Å². The molecule has 0 aromatic heterocycles. The van der Waals surface area contributed by atoms with E-state index in [2.05, 4.69) is 34.5 Å². The number of benzene rings is 1. The predicted molar refractivity (Wildman–Crippen MR) is 69.3 cm³/mol. The molecule has 0 radical (unpaired) electrons. The van der Waals surface area contributed by atoms with Crippen molar-refractivity contribution in [3.8, 4) is 0 Å². The second kappa shape index (κ2) is 3.67. The molecule has 1 aromatic rings. The summed E-state index contributed by atoms with van der Waals surface area (Å²) in [5.41, 5.74) is 3.02. The molecule has 2 heterocycles. The summed E-state index contributed by atoms with van der Waals surface area (Å²) in [4.78, 5) is 25.4. The van der Waals surface area contributed by atoms with E-state index in [9.17, 15) is 9.59 Å². The summed E-state index contributed by atoms with van der Waals surface area (Å²) in [7, 11) is 0. The lowest BCUT2D eigenvalue weighted by molar-refractivity contribution is -0.126. The SMILES string of the molecule is O=C1CC(N2Cc3ccccc3C3(CC3)C2)C(=O)N1. The van der Waals surface area contributed by atoms with Crippen LogP contribution in [0.25, 0.3) is 0 Å². The van der Waals surface area contributed by atoms with Gasteiger partial charge >= 0.3 is 0 Å². The lowest BCUT2D eigenvalue weighted by atomic mass is 9.86. The number of carbonyl (C=O) groups is 2. The molecule has 4 rings (SSSR count). The zero-order valence-corrected chi connectivity index (χ0v) is 10.7. The molecule has 2 fully saturated rings. The average molecular weight is 256 g/mol. The number of imide groups is 1. The van der Waals surface area contributed by atoms with Crippen LogP contribution in [0.2, 0.25) is 0 Å². The van der Waals surface area contributed by atoms with Crippen LogP contribution in [-0.4, -0.2) is 29.3 Å². The Morgan fingerprint density at radius 3 is 2.68 bits per heavy atom. The van der Waals surface area contributed by atoms with Crippen LogP contribution < -0.4 is 5.32 Å². The van der Waals surface area contributed by atoms with E-state index < -0.39 is 0 Å². The van der Waals surface area contributed by atoms with Gasteiger partial charge in [-0.3, -0.25) is 19.8 Å². The smallest absolute Gasteiger partial charge is 0.244 e. The van der Waals surface area contributed by atoms with Gasteiger partial charge in [-0.1, -0.05) is 24.3 Å². The van der Waals surface area contributed by atoms with Crippen molar-refractivity contribution in [1.82, 2.24) is 10.2 Å². The third-order valence-electron chi connectivity index (χ3n) is 4.71. The third-order valence-corrected chi connectivity index (χ3v) is 4.71. The Kier molecular flexibility index (Phi) is 2.16. The fourth-order valence-electron chi connectivity index (χ4n) is 3.56. The molecule has 1 spiro atoms. The highest BCUT2D eigenvalue weighted by molar-refractivity contribution is 6.05. The minimum Gasteiger partial charge on any atom is -0.295 e. The number of nitrogens with zero attached hydrogens (tertiary/aromatic N) is 1. The summed E-state index contributed by atoms with van der Waals surface area (Å²) in [6.45, 7) is 1.69. The van der Waals surface area contributed by atoms with Crippen molar-refractivity contribution in [2.45, 2.75) is 37.3 Å². The van der Waals surface area contributed by atoms with Crippen molar-refractivity contribution < 1.29 is 9.59 Å². The van der Waals surface area contributed by atoms with E-state index in [0.29, 0.717) is 6.42 Å². The van der Waals surface area contributed by atoms with Gasteiger partial charge in [0.1, 0.15) is 0 Å². The van der Waals surface area contributed by atoms with Gasteiger partial charge in [0.2, 0.25) is 11.8 Å². The van der Waals surface area contributed by atoms with Crippen molar-refractivity contribution >= 4 is 11.8 Å². The maximum absolute atomic E-state index is 11.9. The van der Waals surface area contributed by atoms with Gasteiger partial charge < -0.3 is 0 Å². The van der Waals surface area contributed by atoms with E-state index in [0.717, 1.165) is 13.1 Å². The lowest BCUT2D eigenvalue weighted by Gasteiger charge is -2.37. The number of nitrogens with one attached hydrogen (secondary N) is 1. The van der Waals surface area contributed by atoms with Gasteiger partial charge in [0, 0.05) is 18.5 Å². The van der Waals surface area contributed by atoms with Crippen LogP contribution in [0.4, 0.5) is 0 Å². The van der Waals surface area contributed by atoms with E-state index in [-0.39, 0.29) is 23.3 Å². The molecule has 3 aliphatic rings. The molecule has 1 atom stereocenters. The molecule has 1 saturated carbocycles. The van der Waals surface area contributed by atoms with Crippen LogP contribution in [-0.2, 0) is 21.5 Å². The lowest BCUT2D eigenvalue weighted by Crippen LogP contribution is -2.47. The van der Waals surface area contributed by atoms with E-state index in [1.807, 2.05) is 0 Å². The number of fused-ring (bicyclic) bond motifs is 2. The number of carbonyl (C=O) groups excluding carboxylic acids is 2. The van der Waals surface area contributed by atoms with Gasteiger partial charge in [-0.2, -0.15) is 0 Å². The normalized spacial score (nSPS) is 28.3. The third kappa shape index (κ3) is 1.63. The fraction of sp³-hybridized carbons (Fsp3) is 0.467. The zero-order chi connectivity index (χ0) is 13.0. The van der Waals surface area contributed by atoms with Crippen molar-refractivity contribution in [1.29, 1.82) is 0 Å². The summed E-state index contributed by atoms with van der Waals surface area (Å²) >= 11 is 0. The Hall–Kier alpha value is -1.68. The number of hydrogen-bond acceptors (Lipinski definition) is 3. The van der Waals surface area contributed by atoms with Crippen molar-refractivity contribution in [3.05, 3.63) is 35.4 Å². The van der Waals surface area contributed by atoms with Gasteiger partial charge in [-0.25, -0.2) is 0 Å². The first-order valence-corrected chi connectivity index (χ1v) is 6.84. The summed E-state index contributed by atoms with van der Waals surface area (Å²) in [5.74, 6) is -0.265. The summed E-state index contributed by atoms with van der Waals surface area (Å²) < 4.78 is 0. The Bertz CT molecular complexity index is 577. The van der Waals surface area contributed by atoms with Crippen molar-refractivity contribution in [2.75, 3.05) is 6.54 Å². The van der Waals surface area contributed by atoms with Gasteiger partial charge in [-0.05, 0) is 24.0 Å². The Morgan fingerprint density at radius 2 is 2.00 bits per heavy atom. The molecule has 0 bridgehead atoms. The maximum atomic E-state index is 11.9. The maximum Gasteiger partial charge on any atom is 0.244 e. The molecule has 2 aliphatic heterocycles. The van der Waals surface area contributed by atoms with E-state index in [1.165, 1.54) is 24.0 Å². The topological polar surface area (TPSA) is 49.4 Å². The van der Waals surface area contributed by atoms with E-state index in [4.69, 9.17) is 0 Å². The van der Waals surface area contributed by atoms with Crippen LogP contribution in [0.1, 0.15) is 30.4 Å². The molecule has 1 aromatic carbocycles. The minimum atomic E-state index is -0.265. The molecule has 2 amide bonds. The van der Waals surface area contributed by atoms with Gasteiger partial charge in [0.05, 0.1) is 12.5 Å². The predicted octanol–water partition coefficient (Wildman–Crippen LogP) is 0.949. The quantitative estimate of drug-likeness (QED) is 0.761. The molecule has 4 nitrogen and oxygen atoms in total. The Morgan fingerprint density at radius 1 is 1.21 bits per heavy atom. The van der Waals surface area contributed by atoms with Crippen LogP contribution in [0.15, 0.2) is 24.3 Å². The van der Waals surface area contributed by atoms with Crippen LogP contribution in [0.3, 0.4) is 0 Å². The monoisotopic (exact) mass is 256 g/mol. The second-order valence-electron chi connectivity index (χ2n) is 5.97. The highest BCUT2D eigenvalue weighted by atomic mass is 16.2. The number of rotatable bonds is 1. The van der Waals surface area contributed by atoms with Crippen LogP contribution in [0, 0.1) is 0 Å². The molecule has 1 aliphatic carbocycles. The minimum absolute atomic E-state index is 0.125. The van der Waals surface area contributed by atoms with Crippen molar-refractivity contribution in [2.24, 2.45) is 0 Å². The zero-order valence-electron chi connectivity index (χ0n) is 10.7. The van der Waals surface area contributed by atoms with Crippen LogP contribution >= 0.6 is 0 Å². The summed E-state index contributed by atoms with van der Waals surface area (Å²) in [6, 6.07) is 8.26. The average Bonchev–Trinajstić information content (AvgIpc) is 3.07. The number of amides is 2. The molecule has 19 heavy (non-hydrogen) atoms. The van der Waals surface area contributed by atoms with Gasteiger partial charge in [-0.15, -0.1) is 0 Å². The summed E-state index contributed by atoms with van der Waals surface area (Å²) in [5, 5.41) is 2.42. The standard InChI is InChI=1S/C15H16N2O2/c18-13-7-12(14(19)16-13)17-8-10-3-1-2-4-11(10)15(9-17)5-6-15/h1-4,12H,5-9H2,(H,16,18,19). The molecular formula is C15H16N2O2. The molecule has 1 N–H and O–H groups in total. The Balaban J connectivity index is 1.68. The highest BCUT2D eigenvalue weighted by Crippen LogP contribution is 2.52. The van der Waals surface area contributed by atoms with E-state index in [1.54, 1.807) is 0 Å². The molecular weight excluding hydrogens is 240 g/mol. The first kappa shape index (κ1) is 11.2. The van der Waals surface area contributed by atoms with Gasteiger partial charge in [0.25, 0.3) is 0 Å². The molecule has 4 heteroatoms. The Labute approximate surface area is 111 Å². The second-order valence-corrected chi connectivity index (χ2v) is 5.97. The first-order valence-electron chi connectivity index (χ1n) is 6.84. The summed E-state index contributed by atoms with van der Waals surface area (Å²) in [6.07, 6.45) is 2.71. The van der Waals surface area contributed by atoms with Gasteiger partial charge in [0.15, 0.2) is 0 Å². The molecule has 1 saturated heterocycles. The molecule has 98 valence electrons. The largest absolute Gasteiger partial charge is 0.295 e. The highest BCUT2D eigenvalue weighted by Gasteiger charge is 2.51. The fourth-order valence-corrected chi connectivity index (χ4v) is 3.56. The number of hydrogen-bond donors (Lipinski definition) is 1. The van der Waals surface area contributed by atoms with Crippen molar-refractivity contribution in [3.63, 3.8) is 0 Å². The molecule has 1 unspecified atom stereocenters.